The molecule has 1 aromatic heterocycles. The quantitative estimate of drug-likeness (QED) is 0.685. The standard InChI is InChI=1S/C17H20N4O5S/c1-9-13(15(22)19-16(23)18-9)7-14-20-21-17(26-14)27-8-10-4-11(24-2)6-12(5-10)25-3/h4-6,9,13H,7-8H2,1-3H3,(H2,18,19,22,23). The van der Waals surface area contributed by atoms with Gasteiger partial charge in [0.05, 0.1) is 20.1 Å². The number of carbonyl (C=O) groups is 2. The van der Waals surface area contributed by atoms with Crippen molar-refractivity contribution in [1.29, 1.82) is 0 Å². The molecule has 0 bridgehead atoms. The van der Waals surface area contributed by atoms with E-state index in [4.69, 9.17) is 13.9 Å². The largest absolute Gasteiger partial charge is 0.497 e. The molecule has 1 fully saturated rings. The summed E-state index contributed by atoms with van der Waals surface area (Å²) < 4.78 is 16.1. The summed E-state index contributed by atoms with van der Waals surface area (Å²) in [6.45, 7) is 1.77. The highest BCUT2D eigenvalue weighted by Crippen LogP contribution is 2.28. The zero-order chi connectivity index (χ0) is 19.4. The van der Waals surface area contributed by atoms with Crippen LogP contribution in [-0.2, 0) is 17.0 Å². The highest BCUT2D eigenvalue weighted by atomic mass is 32.2. The fourth-order valence-electron chi connectivity index (χ4n) is 2.71. The number of carbonyl (C=O) groups excluding carboxylic acids is 2. The van der Waals surface area contributed by atoms with Gasteiger partial charge in [-0.15, -0.1) is 10.2 Å². The van der Waals surface area contributed by atoms with Gasteiger partial charge >= 0.3 is 6.03 Å². The number of amides is 3. The molecule has 10 heteroatoms. The van der Waals surface area contributed by atoms with Crippen LogP contribution in [0, 0.1) is 5.92 Å². The Bertz CT molecular complexity index is 818. The monoisotopic (exact) mass is 392 g/mol. The van der Waals surface area contributed by atoms with Crippen LogP contribution in [0.15, 0.2) is 27.8 Å². The molecule has 2 N–H and O–H groups in total. The number of ether oxygens (including phenoxy) is 2. The summed E-state index contributed by atoms with van der Waals surface area (Å²) in [6.07, 6.45) is 0.258. The summed E-state index contributed by atoms with van der Waals surface area (Å²) in [4.78, 5) is 23.2. The van der Waals surface area contributed by atoms with Gasteiger partial charge in [0.25, 0.3) is 5.22 Å². The van der Waals surface area contributed by atoms with E-state index in [0.717, 1.165) is 5.56 Å². The number of nitrogens with one attached hydrogen (secondary N) is 2. The van der Waals surface area contributed by atoms with E-state index in [-0.39, 0.29) is 18.4 Å². The normalized spacial score (nSPS) is 19.4. The average molecular weight is 392 g/mol. The maximum Gasteiger partial charge on any atom is 0.321 e. The van der Waals surface area contributed by atoms with Crippen molar-refractivity contribution >= 4 is 23.7 Å². The Kier molecular flexibility index (Phi) is 5.84. The van der Waals surface area contributed by atoms with Gasteiger partial charge in [-0.25, -0.2) is 4.79 Å². The van der Waals surface area contributed by atoms with Crippen molar-refractivity contribution in [1.82, 2.24) is 20.8 Å². The van der Waals surface area contributed by atoms with E-state index in [2.05, 4.69) is 20.8 Å². The lowest BCUT2D eigenvalue weighted by atomic mass is 9.95. The number of benzene rings is 1. The molecule has 0 spiro atoms. The second-order valence-electron chi connectivity index (χ2n) is 6.03. The van der Waals surface area contributed by atoms with Gasteiger partial charge in [-0.2, -0.15) is 0 Å². The van der Waals surface area contributed by atoms with Crippen molar-refractivity contribution in [2.45, 2.75) is 30.4 Å². The number of hydrogen-bond acceptors (Lipinski definition) is 8. The second kappa shape index (κ2) is 8.30. The zero-order valence-corrected chi connectivity index (χ0v) is 16.0. The minimum Gasteiger partial charge on any atom is -0.497 e. The first-order chi connectivity index (χ1) is 13.0. The van der Waals surface area contributed by atoms with Gasteiger partial charge in [-0.3, -0.25) is 10.1 Å². The molecular formula is C17H20N4O5S. The summed E-state index contributed by atoms with van der Waals surface area (Å²) in [5.41, 5.74) is 0.985. The smallest absolute Gasteiger partial charge is 0.321 e. The van der Waals surface area contributed by atoms with Crippen molar-refractivity contribution in [3.63, 3.8) is 0 Å². The average Bonchev–Trinajstić information content (AvgIpc) is 3.10. The molecular weight excluding hydrogens is 372 g/mol. The molecule has 2 heterocycles. The Hall–Kier alpha value is -2.75. The second-order valence-corrected chi connectivity index (χ2v) is 6.96. The summed E-state index contributed by atoms with van der Waals surface area (Å²) in [5.74, 6) is 1.55. The van der Waals surface area contributed by atoms with Crippen molar-refractivity contribution in [2.75, 3.05) is 14.2 Å². The van der Waals surface area contributed by atoms with Crippen molar-refractivity contribution in [3.8, 4) is 11.5 Å². The number of rotatable bonds is 7. The highest BCUT2D eigenvalue weighted by molar-refractivity contribution is 7.98. The molecule has 2 unspecified atom stereocenters. The van der Waals surface area contributed by atoms with Crippen LogP contribution in [0.1, 0.15) is 18.4 Å². The molecule has 0 saturated carbocycles. The lowest BCUT2D eigenvalue weighted by Crippen LogP contribution is -2.57. The fraction of sp³-hybridized carbons (Fsp3) is 0.412. The molecule has 1 aliphatic heterocycles. The number of nitrogens with zero attached hydrogens (tertiary/aromatic N) is 2. The first-order valence-electron chi connectivity index (χ1n) is 8.27. The molecule has 3 rings (SSSR count). The van der Waals surface area contributed by atoms with E-state index < -0.39 is 11.9 Å². The number of imide groups is 1. The number of thioether (sulfide) groups is 1. The van der Waals surface area contributed by atoms with Gasteiger partial charge in [0.2, 0.25) is 11.8 Å². The molecule has 0 aliphatic carbocycles. The Morgan fingerprint density at radius 1 is 1.15 bits per heavy atom. The number of urea groups is 1. The van der Waals surface area contributed by atoms with Crippen molar-refractivity contribution in [2.24, 2.45) is 5.92 Å². The third-order valence-corrected chi connectivity index (χ3v) is 5.04. The predicted molar refractivity (Wildman–Crippen MR) is 96.7 cm³/mol. The van der Waals surface area contributed by atoms with Gasteiger partial charge in [0.1, 0.15) is 11.5 Å². The minimum absolute atomic E-state index is 0.258. The van der Waals surface area contributed by atoms with Crippen LogP contribution >= 0.6 is 11.8 Å². The van der Waals surface area contributed by atoms with Crippen LogP contribution in [-0.4, -0.2) is 42.4 Å². The zero-order valence-electron chi connectivity index (χ0n) is 15.1. The molecule has 3 amide bonds. The number of aromatic nitrogens is 2. The Balaban J connectivity index is 1.61. The maximum absolute atomic E-state index is 12.0. The van der Waals surface area contributed by atoms with Gasteiger partial charge in [-0.1, -0.05) is 11.8 Å². The maximum atomic E-state index is 12.0. The van der Waals surface area contributed by atoms with Gasteiger partial charge in [0.15, 0.2) is 0 Å². The van der Waals surface area contributed by atoms with Gasteiger partial charge in [0, 0.05) is 24.3 Å². The third-order valence-electron chi connectivity index (χ3n) is 4.15. The van der Waals surface area contributed by atoms with Crippen molar-refractivity contribution < 1.29 is 23.5 Å². The molecule has 1 aliphatic rings. The van der Waals surface area contributed by atoms with E-state index in [0.29, 0.717) is 28.4 Å². The lowest BCUT2D eigenvalue weighted by molar-refractivity contribution is -0.125. The number of methoxy groups -OCH3 is 2. The van der Waals surface area contributed by atoms with Crippen LogP contribution in [0.3, 0.4) is 0 Å². The van der Waals surface area contributed by atoms with E-state index in [1.54, 1.807) is 27.2 Å². The molecule has 144 valence electrons. The van der Waals surface area contributed by atoms with E-state index >= 15 is 0 Å². The first kappa shape index (κ1) is 19.0. The van der Waals surface area contributed by atoms with E-state index in [9.17, 15) is 9.59 Å². The van der Waals surface area contributed by atoms with E-state index in [1.165, 1.54) is 11.8 Å². The van der Waals surface area contributed by atoms with Crippen LogP contribution in [0.4, 0.5) is 4.79 Å². The third kappa shape index (κ3) is 4.70. The highest BCUT2D eigenvalue weighted by Gasteiger charge is 2.34. The fourth-order valence-corrected chi connectivity index (χ4v) is 3.42. The van der Waals surface area contributed by atoms with Crippen LogP contribution in [0.2, 0.25) is 0 Å². The summed E-state index contributed by atoms with van der Waals surface area (Å²) in [7, 11) is 3.20. The molecule has 9 nitrogen and oxygen atoms in total. The molecule has 1 aromatic carbocycles. The Morgan fingerprint density at radius 2 is 1.85 bits per heavy atom. The SMILES string of the molecule is COc1cc(CSc2nnc(CC3C(=O)NC(=O)NC3C)o2)cc(OC)c1. The molecule has 1 saturated heterocycles. The minimum atomic E-state index is -0.487. The number of hydrogen-bond donors (Lipinski definition) is 2. The molecule has 0 radical (unpaired) electrons. The first-order valence-corrected chi connectivity index (χ1v) is 9.25. The van der Waals surface area contributed by atoms with Crippen LogP contribution in [0.5, 0.6) is 11.5 Å². The van der Waals surface area contributed by atoms with Crippen LogP contribution < -0.4 is 20.1 Å². The molecule has 2 atom stereocenters. The Labute approximate surface area is 160 Å². The Morgan fingerprint density at radius 3 is 2.48 bits per heavy atom. The van der Waals surface area contributed by atoms with E-state index in [1.807, 2.05) is 12.1 Å². The lowest BCUT2D eigenvalue weighted by Gasteiger charge is -2.27. The summed E-state index contributed by atoms with van der Waals surface area (Å²) in [6, 6.07) is 4.82. The molecule has 2 aromatic rings. The molecule has 27 heavy (non-hydrogen) atoms. The summed E-state index contributed by atoms with van der Waals surface area (Å²) in [5, 5.41) is 13.3. The van der Waals surface area contributed by atoms with Crippen molar-refractivity contribution in [3.05, 3.63) is 29.7 Å². The van der Waals surface area contributed by atoms with Gasteiger partial charge in [-0.05, 0) is 24.6 Å². The van der Waals surface area contributed by atoms with Crippen LogP contribution in [0.25, 0.3) is 0 Å². The summed E-state index contributed by atoms with van der Waals surface area (Å²) >= 11 is 1.38. The van der Waals surface area contributed by atoms with Gasteiger partial charge < -0.3 is 19.2 Å². The topological polar surface area (TPSA) is 116 Å². The predicted octanol–water partition coefficient (Wildman–Crippen LogP) is 1.77.